The summed E-state index contributed by atoms with van der Waals surface area (Å²) in [5, 5.41) is 0. The predicted molar refractivity (Wildman–Crippen MR) is 101 cm³/mol. The minimum absolute atomic E-state index is 0.112. The smallest absolute Gasteiger partial charge is 0.171 e. The molecule has 3 fully saturated rings. The number of alkyl halides is 9. The van der Waals surface area contributed by atoms with Crippen molar-refractivity contribution in [1.82, 2.24) is 0 Å². The van der Waals surface area contributed by atoms with Gasteiger partial charge in [-0.1, -0.05) is 57.8 Å². The van der Waals surface area contributed by atoms with Crippen molar-refractivity contribution < 1.29 is 39.5 Å². The third kappa shape index (κ3) is 5.75. The van der Waals surface area contributed by atoms with Gasteiger partial charge in [-0.2, -0.15) is 39.5 Å². The van der Waals surface area contributed by atoms with E-state index >= 15 is 0 Å². The fraction of sp³-hybridized carbons (Fsp3) is 1.00. The van der Waals surface area contributed by atoms with Crippen molar-refractivity contribution in [3.63, 3.8) is 0 Å². The first-order valence-electron chi connectivity index (χ1n) is 11.4. The second-order valence-electron chi connectivity index (χ2n) is 9.62. The van der Waals surface area contributed by atoms with E-state index in [2.05, 4.69) is 0 Å². The Balaban J connectivity index is 2.06. The Kier molecular flexibility index (Phi) is 7.68. The summed E-state index contributed by atoms with van der Waals surface area (Å²) >= 11 is 0. The standard InChI is InChI=1S/C21H30F9Si/c22-19(23,24)13-7-1-4-10-16(13)31(17-11-5-2-8-14(17)20(25,26)27)18-12-6-3-9-15(18)21(28,29)30/h13-18H,1-12H2. The normalized spacial score (nSPS) is 36.6. The molecule has 3 aliphatic rings. The van der Waals surface area contributed by atoms with Gasteiger partial charge in [-0.05, 0) is 35.9 Å². The zero-order valence-electron chi connectivity index (χ0n) is 17.4. The molecule has 0 aliphatic heterocycles. The molecule has 0 aromatic rings. The minimum Gasteiger partial charge on any atom is -0.171 e. The summed E-state index contributed by atoms with van der Waals surface area (Å²) in [5.74, 6) is -5.29. The van der Waals surface area contributed by atoms with Crippen LogP contribution in [-0.2, 0) is 0 Å². The number of halogens is 9. The van der Waals surface area contributed by atoms with Crippen LogP contribution in [0, 0.1) is 17.8 Å². The van der Waals surface area contributed by atoms with E-state index in [-0.39, 0.29) is 38.5 Å². The first-order chi connectivity index (χ1) is 14.3. The molecule has 10 heteroatoms. The molecule has 0 bridgehead atoms. The molecular formula is C21H30F9Si. The Morgan fingerprint density at radius 2 is 0.613 bits per heavy atom. The topological polar surface area (TPSA) is 0 Å². The first kappa shape index (κ1) is 25.2. The van der Waals surface area contributed by atoms with Crippen molar-refractivity contribution in [2.45, 2.75) is 112 Å². The number of rotatable bonds is 3. The quantitative estimate of drug-likeness (QED) is 0.279. The van der Waals surface area contributed by atoms with Crippen LogP contribution in [-0.4, -0.2) is 27.3 Å². The fourth-order valence-corrected chi connectivity index (χ4v) is 12.3. The summed E-state index contributed by atoms with van der Waals surface area (Å²) in [4.78, 5) is 0. The summed E-state index contributed by atoms with van der Waals surface area (Å²) in [7, 11) is -2.60. The van der Waals surface area contributed by atoms with Gasteiger partial charge in [0.1, 0.15) is 0 Å². The van der Waals surface area contributed by atoms with Gasteiger partial charge >= 0.3 is 18.5 Å². The molecule has 181 valence electrons. The van der Waals surface area contributed by atoms with Gasteiger partial charge in [-0.25, -0.2) is 0 Å². The van der Waals surface area contributed by atoms with E-state index in [4.69, 9.17) is 0 Å². The van der Waals surface area contributed by atoms with E-state index in [1.165, 1.54) is 0 Å². The van der Waals surface area contributed by atoms with Crippen LogP contribution >= 0.6 is 0 Å². The molecule has 0 nitrogen and oxygen atoms in total. The molecule has 0 aromatic heterocycles. The van der Waals surface area contributed by atoms with Crippen molar-refractivity contribution >= 4 is 8.80 Å². The third-order valence-corrected chi connectivity index (χ3v) is 12.5. The zero-order chi connectivity index (χ0) is 23.0. The van der Waals surface area contributed by atoms with Gasteiger partial charge in [0, 0.05) is 0 Å². The maximum absolute atomic E-state index is 13.9. The van der Waals surface area contributed by atoms with Gasteiger partial charge in [0.2, 0.25) is 0 Å². The van der Waals surface area contributed by atoms with Crippen LogP contribution in [0.3, 0.4) is 0 Å². The average molecular weight is 482 g/mol. The summed E-state index contributed by atoms with van der Waals surface area (Å²) in [6, 6.07) is 0. The Labute approximate surface area is 178 Å². The van der Waals surface area contributed by atoms with Crippen molar-refractivity contribution in [3.05, 3.63) is 0 Å². The van der Waals surface area contributed by atoms with Gasteiger partial charge < -0.3 is 0 Å². The van der Waals surface area contributed by atoms with Crippen molar-refractivity contribution in [2.75, 3.05) is 0 Å². The van der Waals surface area contributed by atoms with Crippen molar-refractivity contribution in [2.24, 2.45) is 17.8 Å². The molecule has 0 spiro atoms. The summed E-state index contributed by atoms with van der Waals surface area (Å²) in [6.45, 7) is 0. The van der Waals surface area contributed by atoms with Crippen LogP contribution in [0.5, 0.6) is 0 Å². The number of hydrogen-bond acceptors (Lipinski definition) is 0. The Bertz CT molecular complexity index is 502. The summed E-state index contributed by atoms with van der Waals surface area (Å²) < 4.78 is 125. The highest BCUT2D eigenvalue weighted by atomic mass is 28.3. The minimum atomic E-state index is -4.58. The van der Waals surface area contributed by atoms with Crippen LogP contribution in [0.15, 0.2) is 0 Å². The van der Waals surface area contributed by atoms with Gasteiger partial charge in [0.15, 0.2) is 0 Å². The molecule has 0 amide bonds. The Morgan fingerprint density at radius 1 is 0.387 bits per heavy atom. The van der Waals surface area contributed by atoms with Gasteiger partial charge in [-0.3, -0.25) is 0 Å². The maximum atomic E-state index is 13.9. The van der Waals surface area contributed by atoms with Crippen molar-refractivity contribution in [1.29, 1.82) is 0 Å². The second-order valence-corrected chi connectivity index (χ2v) is 12.8. The Hall–Kier alpha value is -0.413. The van der Waals surface area contributed by atoms with Crippen LogP contribution in [0.25, 0.3) is 0 Å². The van der Waals surface area contributed by atoms with E-state index in [0.29, 0.717) is 38.5 Å². The van der Waals surface area contributed by atoms with E-state index in [0.717, 1.165) is 0 Å². The van der Waals surface area contributed by atoms with Crippen LogP contribution < -0.4 is 0 Å². The highest BCUT2D eigenvalue weighted by Crippen LogP contribution is 2.60. The zero-order valence-corrected chi connectivity index (χ0v) is 18.4. The van der Waals surface area contributed by atoms with Crippen LogP contribution in [0.4, 0.5) is 39.5 Å². The van der Waals surface area contributed by atoms with E-state index in [9.17, 15) is 39.5 Å². The van der Waals surface area contributed by atoms with Crippen LogP contribution in [0.2, 0.25) is 16.6 Å². The monoisotopic (exact) mass is 481 g/mol. The molecule has 3 saturated carbocycles. The molecule has 6 atom stereocenters. The molecule has 3 rings (SSSR count). The molecule has 6 unspecified atom stereocenters. The molecular weight excluding hydrogens is 451 g/mol. The van der Waals surface area contributed by atoms with Gasteiger partial charge in [-0.15, -0.1) is 0 Å². The van der Waals surface area contributed by atoms with Gasteiger partial charge in [0.05, 0.1) is 26.6 Å². The average Bonchev–Trinajstić information content (AvgIpc) is 2.67. The molecule has 1 radical (unpaired) electrons. The lowest BCUT2D eigenvalue weighted by Crippen LogP contribution is -2.50. The molecule has 0 N–H and O–H groups in total. The lowest BCUT2D eigenvalue weighted by Gasteiger charge is -2.50. The van der Waals surface area contributed by atoms with E-state index < -0.39 is 61.7 Å². The first-order valence-corrected chi connectivity index (χ1v) is 13.1. The summed E-state index contributed by atoms with van der Waals surface area (Å²) in [5.41, 5.74) is -3.17. The third-order valence-electron chi connectivity index (χ3n) is 7.84. The molecule has 0 saturated heterocycles. The number of hydrogen-bond donors (Lipinski definition) is 0. The van der Waals surface area contributed by atoms with Gasteiger partial charge in [0.25, 0.3) is 0 Å². The molecule has 31 heavy (non-hydrogen) atoms. The van der Waals surface area contributed by atoms with Crippen LogP contribution in [0.1, 0.15) is 77.0 Å². The molecule has 0 heterocycles. The second kappa shape index (κ2) is 9.45. The van der Waals surface area contributed by atoms with Crippen molar-refractivity contribution in [3.8, 4) is 0 Å². The highest BCUT2D eigenvalue weighted by molar-refractivity contribution is 6.64. The SMILES string of the molecule is FC(F)(F)C1CCCCC1[Si](C1CCCCC1C(F)(F)F)C1CCCCC1C(F)(F)F. The lowest BCUT2D eigenvalue weighted by atomic mass is 9.86. The fourth-order valence-electron chi connectivity index (χ4n) is 6.59. The molecule has 3 aliphatic carbocycles. The van der Waals surface area contributed by atoms with E-state index in [1.807, 2.05) is 0 Å². The lowest BCUT2D eigenvalue weighted by molar-refractivity contribution is -0.188. The highest BCUT2D eigenvalue weighted by Gasteiger charge is 2.59. The Morgan fingerprint density at radius 3 is 0.839 bits per heavy atom. The maximum Gasteiger partial charge on any atom is 0.391 e. The van der Waals surface area contributed by atoms with E-state index in [1.54, 1.807) is 0 Å². The molecule has 0 aromatic carbocycles. The predicted octanol–water partition coefficient (Wildman–Crippen LogP) is 8.85. The summed E-state index contributed by atoms with van der Waals surface area (Å²) in [6.07, 6.45) is -11.6. The largest absolute Gasteiger partial charge is 0.391 e.